The molecule has 4 N–H and O–H groups in total. The molecule has 0 saturated carbocycles. The predicted molar refractivity (Wildman–Crippen MR) is 173 cm³/mol. The van der Waals surface area contributed by atoms with Crippen molar-refractivity contribution >= 4 is 55.7 Å². The Morgan fingerprint density at radius 3 is 2.61 bits per heavy atom. The second-order valence-corrected chi connectivity index (χ2v) is 13.6. The van der Waals surface area contributed by atoms with Gasteiger partial charge in [0, 0.05) is 40.3 Å². The van der Waals surface area contributed by atoms with Gasteiger partial charge >= 0.3 is 0 Å². The first kappa shape index (κ1) is 31.7. The molecule has 44 heavy (non-hydrogen) atoms. The molecule has 1 aliphatic rings. The Bertz CT molecular complexity index is 1850. The van der Waals surface area contributed by atoms with Crippen molar-refractivity contribution in [3.63, 3.8) is 0 Å². The summed E-state index contributed by atoms with van der Waals surface area (Å²) in [5, 5.41) is 11.6. The number of ether oxygens (including phenoxy) is 1. The van der Waals surface area contributed by atoms with Crippen molar-refractivity contribution in [3.8, 4) is 5.75 Å². The number of nitrogens with one attached hydrogen (secondary N) is 2. The van der Waals surface area contributed by atoms with Gasteiger partial charge in [-0.05, 0) is 62.1 Å². The summed E-state index contributed by atoms with van der Waals surface area (Å²) >= 11 is 13.2. The van der Waals surface area contributed by atoms with Gasteiger partial charge in [0.25, 0.3) is 0 Å². The summed E-state index contributed by atoms with van der Waals surface area (Å²) in [6, 6.07) is 16.9. The highest BCUT2D eigenvalue weighted by Crippen LogP contribution is 2.35. The third-order valence-corrected chi connectivity index (χ3v) is 10.3. The lowest BCUT2D eigenvalue weighted by Gasteiger charge is -2.24. The number of nitrogens with two attached hydrogens (primary N) is 1. The summed E-state index contributed by atoms with van der Waals surface area (Å²) in [4.78, 5) is 19.3. The van der Waals surface area contributed by atoms with E-state index in [-0.39, 0.29) is 45.7 Å². The van der Waals surface area contributed by atoms with Crippen LogP contribution in [-0.4, -0.2) is 48.5 Å². The normalized spacial score (nSPS) is 15.4. The van der Waals surface area contributed by atoms with Gasteiger partial charge in [0.2, 0.25) is 5.91 Å². The number of nitrogen functional groups attached to an aromatic ring is 1. The monoisotopic (exact) mass is 653 g/mol. The minimum Gasteiger partial charge on any atom is -0.487 e. The lowest BCUT2D eigenvalue weighted by atomic mass is 10.1. The molecular formula is C32H33Cl2N5O4S. The first-order valence-electron chi connectivity index (χ1n) is 14.1. The molecule has 1 fully saturated rings. The molecule has 2 heterocycles. The van der Waals surface area contributed by atoms with Crippen molar-refractivity contribution < 1.29 is 17.9 Å². The maximum Gasteiger partial charge on any atom is 0.237 e. The third-order valence-electron chi connectivity index (χ3n) is 7.73. The maximum atomic E-state index is 13.7. The molecule has 9 nitrogen and oxygen atoms in total. The fourth-order valence-electron chi connectivity index (χ4n) is 5.45. The van der Waals surface area contributed by atoms with E-state index in [1.165, 1.54) is 12.1 Å². The number of aromatic nitrogens is 1. The molecule has 4 aromatic rings. The molecule has 0 bridgehead atoms. The van der Waals surface area contributed by atoms with Crippen LogP contribution in [0.2, 0.25) is 10.0 Å². The molecule has 3 aromatic carbocycles. The summed E-state index contributed by atoms with van der Waals surface area (Å²) in [5.41, 5.74) is 9.91. The number of para-hydroxylation sites is 1. The van der Waals surface area contributed by atoms with E-state index in [2.05, 4.69) is 10.3 Å². The summed E-state index contributed by atoms with van der Waals surface area (Å²) in [7, 11) is -3.93. The average molecular weight is 655 g/mol. The van der Waals surface area contributed by atoms with E-state index >= 15 is 0 Å². The van der Waals surface area contributed by atoms with Gasteiger partial charge in [-0.2, -0.15) is 0 Å². The van der Waals surface area contributed by atoms with E-state index in [1.54, 1.807) is 35.2 Å². The first-order chi connectivity index (χ1) is 20.9. The van der Waals surface area contributed by atoms with E-state index in [0.717, 1.165) is 22.2 Å². The molecule has 0 spiro atoms. The van der Waals surface area contributed by atoms with Crippen LogP contribution >= 0.6 is 23.2 Å². The van der Waals surface area contributed by atoms with Gasteiger partial charge in [-0.3, -0.25) is 15.1 Å². The number of pyridine rings is 1. The molecule has 12 heteroatoms. The minimum atomic E-state index is -3.93. The highest BCUT2D eigenvalue weighted by Gasteiger charge is 2.35. The van der Waals surface area contributed by atoms with Crippen LogP contribution in [0.3, 0.4) is 0 Å². The fourth-order valence-corrected chi connectivity index (χ4v) is 7.83. The van der Waals surface area contributed by atoms with E-state index in [4.69, 9.17) is 39.1 Å². The number of sulfone groups is 1. The number of amides is 1. The number of fused-ring (bicyclic) bond motifs is 1. The second-order valence-electron chi connectivity index (χ2n) is 10.9. The average Bonchev–Trinajstić information content (AvgIpc) is 3.43. The molecule has 0 aliphatic carbocycles. The number of halogens is 2. The van der Waals surface area contributed by atoms with Crippen LogP contribution in [0.4, 0.5) is 0 Å². The zero-order valence-corrected chi connectivity index (χ0v) is 26.7. The second kappa shape index (κ2) is 13.1. The Hall–Kier alpha value is -3.70. The lowest BCUT2D eigenvalue weighted by Crippen LogP contribution is -2.44. The van der Waals surface area contributed by atoms with Crippen LogP contribution in [-0.2, 0) is 27.8 Å². The van der Waals surface area contributed by atoms with Crippen LogP contribution in [0.25, 0.3) is 10.9 Å². The topological polar surface area (TPSA) is 138 Å². The summed E-state index contributed by atoms with van der Waals surface area (Å²) in [6.07, 6.45) is 1.22. The van der Waals surface area contributed by atoms with E-state index in [1.807, 2.05) is 32.0 Å². The standard InChI is InChI=1S/C32H33Cl2N5O4S/c1-19-15-20(2)38-30-23(19)5-3-7-27(30)43-17-24-25(33)12-13-28(29(24)34)44(41,42)18-39-14-4-6-26(39)32(40)37-16-21-8-10-22(11-9-21)31(35)36/h3,5,7-13,15,26H,4,6,14,16-18H2,1-2H3,(H3,35,36)(H,37,40). The first-order valence-corrected chi connectivity index (χ1v) is 16.5. The molecule has 1 aromatic heterocycles. The highest BCUT2D eigenvalue weighted by molar-refractivity contribution is 7.91. The van der Waals surface area contributed by atoms with Crippen LogP contribution in [0.5, 0.6) is 5.75 Å². The molecule has 0 radical (unpaired) electrons. The molecule has 1 amide bonds. The van der Waals surface area contributed by atoms with Crippen LogP contribution in [0.1, 0.15) is 40.8 Å². The molecule has 1 unspecified atom stereocenters. The number of likely N-dealkylation sites (tertiary alicyclic amines) is 1. The van der Waals surface area contributed by atoms with Crippen molar-refractivity contribution in [2.75, 3.05) is 12.4 Å². The maximum absolute atomic E-state index is 13.7. The number of hydrogen-bond acceptors (Lipinski definition) is 7. The molecule has 1 atom stereocenters. The van der Waals surface area contributed by atoms with Crippen molar-refractivity contribution in [1.29, 1.82) is 5.41 Å². The number of amidine groups is 1. The predicted octanol–water partition coefficient (Wildman–Crippen LogP) is 5.53. The van der Waals surface area contributed by atoms with E-state index in [9.17, 15) is 13.2 Å². The van der Waals surface area contributed by atoms with Crippen LogP contribution < -0.4 is 15.8 Å². The minimum absolute atomic E-state index is 0.00716. The zero-order chi connectivity index (χ0) is 31.6. The molecule has 1 aliphatic heterocycles. The molecule has 1 saturated heterocycles. The highest BCUT2D eigenvalue weighted by atomic mass is 35.5. The number of carbonyl (C=O) groups excluding carboxylic acids is 1. The van der Waals surface area contributed by atoms with Gasteiger partial charge < -0.3 is 15.8 Å². The van der Waals surface area contributed by atoms with Gasteiger partial charge in [0.15, 0.2) is 9.84 Å². The Morgan fingerprint density at radius 2 is 1.89 bits per heavy atom. The van der Waals surface area contributed by atoms with E-state index in [0.29, 0.717) is 41.8 Å². The Kier molecular flexibility index (Phi) is 9.45. The van der Waals surface area contributed by atoms with Crippen LogP contribution in [0.15, 0.2) is 65.6 Å². The van der Waals surface area contributed by atoms with Gasteiger partial charge in [-0.15, -0.1) is 0 Å². The van der Waals surface area contributed by atoms with E-state index < -0.39 is 15.9 Å². The van der Waals surface area contributed by atoms with Gasteiger partial charge in [0.05, 0.1) is 16.0 Å². The SMILES string of the molecule is Cc1cc(C)c2cccc(OCc3c(Cl)ccc(S(=O)(=O)CN4CCCC4C(=O)NCc4ccc(C(=N)N)cc4)c3Cl)c2n1. The lowest BCUT2D eigenvalue weighted by molar-refractivity contribution is -0.125. The third kappa shape index (κ3) is 6.83. The number of hydrogen-bond donors (Lipinski definition) is 3. The number of nitrogens with zero attached hydrogens (tertiary/aromatic N) is 2. The Morgan fingerprint density at radius 1 is 1.14 bits per heavy atom. The van der Waals surface area contributed by atoms with Crippen molar-refractivity contribution in [2.45, 2.75) is 50.8 Å². The van der Waals surface area contributed by atoms with Crippen molar-refractivity contribution in [1.82, 2.24) is 15.2 Å². The Balaban J connectivity index is 1.29. The molecule has 5 rings (SSSR count). The van der Waals surface area contributed by atoms with Crippen molar-refractivity contribution in [3.05, 3.63) is 98.7 Å². The molecule has 230 valence electrons. The number of carbonyl (C=O) groups is 1. The van der Waals surface area contributed by atoms with Crippen molar-refractivity contribution in [2.24, 2.45) is 5.73 Å². The number of rotatable bonds is 10. The summed E-state index contributed by atoms with van der Waals surface area (Å²) in [5.74, 6) is -0.114. The Labute approximate surface area is 266 Å². The van der Waals surface area contributed by atoms with Gasteiger partial charge in [0.1, 0.15) is 29.6 Å². The largest absolute Gasteiger partial charge is 0.487 e. The number of benzene rings is 3. The smallest absolute Gasteiger partial charge is 0.237 e. The summed E-state index contributed by atoms with van der Waals surface area (Å²) in [6.45, 7) is 4.59. The number of aryl methyl sites for hydroxylation is 2. The zero-order valence-electron chi connectivity index (χ0n) is 24.4. The fraction of sp³-hybridized carbons (Fsp3) is 0.281. The molecular weight excluding hydrogens is 621 g/mol. The quantitative estimate of drug-likeness (QED) is 0.151. The van der Waals surface area contributed by atoms with Gasteiger partial charge in [-0.1, -0.05) is 59.6 Å². The summed E-state index contributed by atoms with van der Waals surface area (Å²) < 4.78 is 33.4. The van der Waals surface area contributed by atoms with Crippen LogP contribution in [0, 0.1) is 19.3 Å². The van der Waals surface area contributed by atoms with Gasteiger partial charge in [-0.25, -0.2) is 13.4 Å².